The minimum absolute atomic E-state index is 0.362. The van der Waals surface area contributed by atoms with E-state index < -0.39 is 0 Å². The molecular formula is C9H10O2S. The second kappa shape index (κ2) is 3.27. The van der Waals surface area contributed by atoms with Gasteiger partial charge in [0, 0.05) is 11.3 Å². The second-order valence-electron chi connectivity index (χ2n) is 2.58. The first kappa shape index (κ1) is 7.80. The van der Waals surface area contributed by atoms with E-state index in [9.17, 15) is 0 Å². The Morgan fingerprint density at radius 2 is 2.33 bits per heavy atom. The van der Waals surface area contributed by atoms with Crippen molar-refractivity contribution in [2.75, 3.05) is 13.0 Å². The van der Waals surface area contributed by atoms with Gasteiger partial charge in [0.2, 0.25) is 6.79 Å². The fraction of sp³-hybridized carbons (Fsp3) is 0.333. The molecule has 0 unspecified atom stereocenters. The van der Waals surface area contributed by atoms with E-state index in [1.54, 1.807) is 11.8 Å². The zero-order chi connectivity index (χ0) is 8.39. The molecule has 0 atom stereocenters. The molecule has 1 aromatic carbocycles. The third kappa shape index (κ3) is 1.25. The van der Waals surface area contributed by atoms with Crippen LogP contribution in [0.1, 0.15) is 5.56 Å². The number of hydrogen-bond donors (Lipinski definition) is 0. The highest BCUT2D eigenvalue weighted by Crippen LogP contribution is 2.36. The number of benzene rings is 1. The van der Waals surface area contributed by atoms with Gasteiger partial charge in [-0.05, 0) is 12.3 Å². The summed E-state index contributed by atoms with van der Waals surface area (Å²) in [5.41, 5.74) is 1.22. The number of rotatable bonds is 2. The van der Waals surface area contributed by atoms with Gasteiger partial charge in [-0.1, -0.05) is 12.1 Å². The lowest BCUT2D eigenvalue weighted by Crippen LogP contribution is -1.94. The van der Waals surface area contributed by atoms with Crippen LogP contribution in [0.3, 0.4) is 0 Å². The Labute approximate surface area is 75.9 Å². The van der Waals surface area contributed by atoms with E-state index in [0.29, 0.717) is 6.79 Å². The SMILES string of the molecule is CSCc1cccc2c1OCO2. The molecule has 1 heterocycles. The predicted octanol–water partition coefficient (Wildman–Crippen LogP) is 2.28. The van der Waals surface area contributed by atoms with Crippen molar-refractivity contribution in [3.63, 3.8) is 0 Å². The van der Waals surface area contributed by atoms with Crippen LogP contribution in [-0.2, 0) is 5.75 Å². The molecule has 0 aliphatic carbocycles. The average Bonchev–Trinajstić information content (AvgIpc) is 2.53. The van der Waals surface area contributed by atoms with Gasteiger partial charge in [0.25, 0.3) is 0 Å². The van der Waals surface area contributed by atoms with Gasteiger partial charge in [0.15, 0.2) is 11.5 Å². The quantitative estimate of drug-likeness (QED) is 0.699. The number of ether oxygens (including phenoxy) is 2. The topological polar surface area (TPSA) is 18.5 Å². The van der Waals surface area contributed by atoms with Crippen LogP contribution in [0.2, 0.25) is 0 Å². The van der Waals surface area contributed by atoms with E-state index in [1.807, 2.05) is 12.1 Å². The molecule has 0 saturated heterocycles. The predicted molar refractivity (Wildman–Crippen MR) is 49.8 cm³/mol. The van der Waals surface area contributed by atoms with Gasteiger partial charge in [-0.15, -0.1) is 0 Å². The summed E-state index contributed by atoms with van der Waals surface area (Å²) in [4.78, 5) is 0. The molecule has 0 fully saturated rings. The maximum Gasteiger partial charge on any atom is 0.231 e. The first-order chi connectivity index (χ1) is 5.92. The smallest absolute Gasteiger partial charge is 0.231 e. The van der Waals surface area contributed by atoms with Crippen LogP contribution in [0.15, 0.2) is 18.2 Å². The fourth-order valence-electron chi connectivity index (χ4n) is 1.26. The van der Waals surface area contributed by atoms with Gasteiger partial charge in [-0.3, -0.25) is 0 Å². The maximum atomic E-state index is 5.35. The number of fused-ring (bicyclic) bond motifs is 1. The molecule has 0 N–H and O–H groups in total. The minimum atomic E-state index is 0.362. The Morgan fingerprint density at radius 1 is 1.42 bits per heavy atom. The van der Waals surface area contributed by atoms with Crippen LogP contribution in [-0.4, -0.2) is 13.0 Å². The molecule has 0 spiro atoms. The van der Waals surface area contributed by atoms with Crippen LogP contribution in [0.25, 0.3) is 0 Å². The van der Waals surface area contributed by atoms with Crippen LogP contribution >= 0.6 is 11.8 Å². The number of thioether (sulfide) groups is 1. The summed E-state index contributed by atoms with van der Waals surface area (Å²) in [6, 6.07) is 6.01. The van der Waals surface area contributed by atoms with Gasteiger partial charge >= 0.3 is 0 Å². The third-order valence-electron chi connectivity index (χ3n) is 1.78. The summed E-state index contributed by atoms with van der Waals surface area (Å²) in [6.07, 6.45) is 2.08. The molecule has 64 valence electrons. The molecule has 1 aromatic rings. The van der Waals surface area contributed by atoms with Crippen molar-refractivity contribution in [3.8, 4) is 11.5 Å². The molecule has 3 heteroatoms. The van der Waals surface area contributed by atoms with E-state index >= 15 is 0 Å². The second-order valence-corrected chi connectivity index (χ2v) is 3.45. The molecule has 0 radical (unpaired) electrons. The van der Waals surface area contributed by atoms with Crippen LogP contribution < -0.4 is 9.47 Å². The maximum absolute atomic E-state index is 5.35. The third-order valence-corrected chi connectivity index (χ3v) is 2.38. The summed E-state index contributed by atoms with van der Waals surface area (Å²) < 4.78 is 10.6. The molecule has 0 amide bonds. The highest BCUT2D eigenvalue weighted by Gasteiger charge is 2.15. The van der Waals surface area contributed by atoms with Gasteiger partial charge < -0.3 is 9.47 Å². The molecule has 0 aromatic heterocycles. The van der Waals surface area contributed by atoms with Crippen molar-refractivity contribution < 1.29 is 9.47 Å². The van der Waals surface area contributed by atoms with Gasteiger partial charge in [0.05, 0.1) is 0 Å². The molecule has 2 nitrogen and oxygen atoms in total. The number of hydrogen-bond acceptors (Lipinski definition) is 3. The van der Waals surface area contributed by atoms with Crippen molar-refractivity contribution in [2.45, 2.75) is 5.75 Å². The minimum Gasteiger partial charge on any atom is -0.454 e. The van der Waals surface area contributed by atoms with Gasteiger partial charge in [-0.2, -0.15) is 11.8 Å². The zero-order valence-electron chi connectivity index (χ0n) is 6.87. The lowest BCUT2D eigenvalue weighted by Gasteiger charge is -2.02. The lowest BCUT2D eigenvalue weighted by molar-refractivity contribution is 0.173. The lowest BCUT2D eigenvalue weighted by atomic mass is 10.2. The van der Waals surface area contributed by atoms with Crippen LogP contribution in [0.4, 0.5) is 0 Å². The summed E-state index contributed by atoms with van der Waals surface area (Å²) in [5.74, 6) is 2.78. The van der Waals surface area contributed by atoms with E-state index in [0.717, 1.165) is 17.3 Å². The summed E-state index contributed by atoms with van der Waals surface area (Å²) >= 11 is 1.79. The molecule has 12 heavy (non-hydrogen) atoms. The van der Waals surface area contributed by atoms with Gasteiger partial charge in [-0.25, -0.2) is 0 Å². The Balaban J connectivity index is 2.36. The summed E-state index contributed by atoms with van der Waals surface area (Å²) in [5, 5.41) is 0. The van der Waals surface area contributed by atoms with Crippen molar-refractivity contribution >= 4 is 11.8 Å². The van der Waals surface area contributed by atoms with Crippen molar-refractivity contribution in [3.05, 3.63) is 23.8 Å². The highest BCUT2D eigenvalue weighted by atomic mass is 32.2. The molecule has 0 saturated carbocycles. The molecular weight excluding hydrogens is 172 g/mol. The van der Waals surface area contributed by atoms with Crippen LogP contribution in [0.5, 0.6) is 11.5 Å². The van der Waals surface area contributed by atoms with E-state index in [4.69, 9.17) is 9.47 Å². The largest absolute Gasteiger partial charge is 0.454 e. The zero-order valence-corrected chi connectivity index (χ0v) is 7.69. The molecule has 1 aliphatic heterocycles. The Kier molecular flexibility index (Phi) is 2.13. The fourth-order valence-corrected chi connectivity index (χ4v) is 1.80. The average molecular weight is 182 g/mol. The number of para-hydroxylation sites is 1. The highest BCUT2D eigenvalue weighted by molar-refractivity contribution is 7.97. The Hall–Kier alpha value is -0.830. The van der Waals surface area contributed by atoms with Crippen LogP contribution in [0, 0.1) is 0 Å². The van der Waals surface area contributed by atoms with Crippen molar-refractivity contribution in [2.24, 2.45) is 0 Å². The first-order valence-electron chi connectivity index (χ1n) is 3.78. The normalized spacial score (nSPS) is 13.4. The first-order valence-corrected chi connectivity index (χ1v) is 5.17. The van der Waals surface area contributed by atoms with E-state index in [2.05, 4.69) is 12.3 Å². The van der Waals surface area contributed by atoms with Crippen molar-refractivity contribution in [1.29, 1.82) is 0 Å². The molecule has 1 aliphatic rings. The summed E-state index contributed by atoms with van der Waals surface area (Å²) in [7, 11) is 0. The Morgan fingerprint density at radius 3 is 3.17 bits per heavy atom. The molecule has 2 rings (SSSR count). The standard InChI is InChI=1S/C9H10O2S/c1-12-5-7-3-2-4-8-9(7)11-6-10-8/h2-4H,5-6H2,1H3. The van der Waals surface area contributed by atoms with E-state index in [-0.39, 0.29) is 0 Å². The molecule has 0 bridgehead atoms. The van der Waals surface area contributed by atoms with Gasteiger partial charge in [0.1, 0.15) is 0 Å². The van der Waals surface area contributed by atoms with E-state index in [1.165, 1.54) is 5.56 Å². The summed E-state index contributed by atoms with van der Waals surface area (Å²) in [6.45, 7) is 0.362. The monoisotopic (exact) mass is 182 g/mol. The Bertz CT molecular complexity index is 286. The van der Waals surface area contributed by atoms with Crippen molar-refractivity contribution in [1.82, 2.24) is 0 Å².